The van der Waals surface area contributed by atoms with Crippen molar-refractivity contribution in [2.24, 2.45) is 0 Å². The van der Waals surface area contributed by atoms with Crippen LogP contribution in [0.25, 0.3) is 10.9 Å². The van der Waals surface area contributed by atoms with Gasteiger partial charge in [0.2, 0.25) is 15.9 Å². The molecule has 0 saturated carbocycles. The van der Waals surface area contributed by atoms with E-state index in [0.29, 0.717) is 26.1 Å². The van der Waals surface area contributed by atoms with Crippen LogP contribution in [0, 0.1) is 0 Å². The Balaban J connectivity index is 1.60. The number of aromatic nitrogens is 1. The molecular formula is C23H29N3O3S. The molecule has 0 fully saturated rings. The maximum absolute atomic E-state index is 12.6. The van der Waals surface area contributed by atoms with Crippen LogP contribution in [0.15, 0.2) is 65.7 Å². The van der Waals surface area contributed by atoms with Crippen LogP contribution in [0.3, 0.4) is 0 Å². The summed E-state index contributed by atoms with van der Waals surface area (Å²) in [5.74, 6) is -0.0416. The highest BCUT2D eigenvalue weighted by molar-refractivity contribution is 7.89. The van der Waals surface area contributed by atoms with Crippen LogP contribution in [0.5, 0.6) is 0 Å². The number of carbonyl (C=O) groups excluding carboxylic acids is 1. The van der Waals surface area contributed by atoms with Crippen molar-refractivity contribution in [3.05, 3.63) is 66.4 Å². The SMILES string of the molecule is CCN(CC)S(=O)(=O)c1ccc(C(C)NC(=O)CCn2ccc3ccccc32)cc1. The molecule has 1 unspecified atom stereocenters. The van der Waals surface area contributed by atoms with Gasteiger partial charge in [-0.05, 0) is 42.1 Å². The number of amides is 1. The number of carbonyl (C=O) groups is 1. The van der Waals surface area contributed by atoms with Crippen LogP contribution in [0.4, 0.5) is 0 Å². The molecule has 6 nitrogen and oxygen atoms in total. The average Bonchev–Trinajstić information content (AvgIpc) is 3.16. The third-order valence-corrected chi connectivity index (χ3v) is 7.42. The Morgan fingerprint density at radius 1 is 1.03 bits per heavy atom. The quantitative estimate of drug-likeness (QED) is 0.562. The smallest absolute Gasteiger partial charge is 0.243 e. The third-order valence-electron chi connectivity index (χ3n) is 5.36. The Morgan fingerprint density at radius 2 is 1.70 bits per heavy atom. The molecule has 160 valence electrons. The van der Waals surface area contributed by atoms with Gasteiger partial charge in [0.05, 0.1) is 10.9 Å². The van der Waals surface area contributed by atoms with Gasteiger partial charge >= 0.3 is 0 Å². The second-order valence-electron chi connectivity index (χ2n) is 7.27. The fourth-order valence-corrected chi connectivity index (χ4v) is 5.05. The number of sulfonamides is 1. The molecule has 1 amide bonds. The molecule has 1 heterocycles. The summed E-state index contributed by atoms with van der Waals surface area (Å²) in [4.78, 5) is 12.7. The molecule has 1 atom stereocenters. The lowest BCUT2D eigenvalue weighted by molar-refractivity contribution is -0.121. The number of aryl methyl sites for hydroxylation is 1. The van der Waals surface area contributed by atoms with Crippen molar-refractivity contribution in [2.75, 3.05) is 13.1 Å². The molecule has 0 aliphatic heterocycles. The van der Waals surface area contributed by atoms with Crippen molar-refractivity contribution >= 4 is 26.8 Å². The van der Waals surface area contributed by atoms with Gasteiger partial charge in [-0.3, -0.25) is 4.79 Å². The summed E-state index contributed by atoms with van der Waals surface area (Å²) in [5, 5.41) is 4.16. The molecule has 0 saturated heterocycles. The zero-order valence-electron chi connectivity index (χ0n) is 17.7. The van der Waals surface area contributed by atoms with Crippen LogP contribution < -0.4 is 5.32 Å². The Kier molecular flexibility index (Phi) is 6.95. The van der Waals surface area contributed by atoms with E-state index in [-0.39, 0.29) is 16.8 Å². The van der Waals surface area contributed by atoms with E-state index >= 15 is 0 Å². The standard InChI is InChI=1S/C23H29N3O3S/c1-4-26(5-2)30(28,29)21-12-10-19(11-13-21)18(3)24-23(27)15-17-25-16-14-20-8-6-7-9-22(20)25/h6-14,16,18H,4-5,15,17H2,1-3H3,(H,24,27). The molecule has 0 spiro atoms. The predicted octanol–water partition coefficient (Wildman–Crippen LogP) is 3.94. The van der Waals surface area contributed by atoms with Crippen molar-refractivity contribution in [1.82, 2.24) is 14.2 Å². The monoisotopic (exact) mass is 427 g/mol. The first-order valence-electron chi connectivity index (χ1n) is 10.3. The van der Waals surface area contributed by atoms with Crippen molar-refractivity contribution in [3.63, 3.8) is 0 Å². The van der Waals surface area contributed by atoms with E-state index in [1.807, 2.05) is 51.2 Å². The summed E-state index contributed by atoms with van der Waals surface area (Å²) >= 11 is 0. The molecule has 2 aromatic carbocycles. The van der Waals surface area contributed by atoms with Gasteiger partial charge < -0.3 is 9.88 Å². The van der Waals surface area contributed by atoms with Crippen LogP contribution in [-0.2, 0) is 21.4 Å². The van der Waals surface area contributed by atoms with Gasteiger partial charge in [-0.1, -0.05) is 44.2 Å². The fourth-order valence-electron chi connectivity index (χ4n) is 3.60. The normalized spacial score (nSPS) is 12.9. The minimum Gasteiger partial charge on any atom is -0.350 e. The lowest BCUT2D eigenvalue weighted by Gasteiger charge is -2.19. The summed E-state index contributed by atoms with van der Waals surface area (Å²) in [5.41, 5.74) is 1.98. The molecular weight excluding hydrogens is 398 g/mol. The van der Waals surface area contributed by atoms with E-state index in [9.17, 15) is 13.2 Å². The van der Waals surface area contributed by atoms with Gasteiger partial charge in [-0.25, -0.2) is 8.42 Å². The number of nitrogens with zero attached hydrogens (tertiary/aromatic N) is 2. The number of nitrogens with one attached hydrogen (secondary N) is 1. The number of fused-ring (bicyclic) bond motifs is 1. The van der Waals surface area contributed by atoms with Crippen molar-refractivity contribution in [3.8, 4) is 0 Å². The molecule has 0 bridgehead atoms. The van der Waals surface area contributed by atoms with E-state index < -0.39 is 10.0 Å². The van der Waals surface area contributed by atoms with E-state index in [0.717, 1.165) is 16.5 Å². The topological polar surface area (TPSA) is 71.4 Å². The Bertz CT molecular complexity index is 1100. The minimum absolute atomic E-state index is 0.0416. The van der Waals surface area contributed by atoms with Crippen LogP contribution in [0.2, 0.25) is 0 Å². The van der Waals surface area contributed by atoms with Crippen LogP contribution in [0.1, 0.15) is 38.8 Å². The van der Waals surface area contributed by atoms with Gasteiger partial charge in [-0.2, -0.15) is 4.31 Å². The van der Waals surface area contributed by atoms with Gasteiger partial charge in [-0.15, -0.1) is 0 Å². The summed E-state index contributed by atoms with van der Waals surface area (Å²) in [6.07, 6.45) is 2.37. The van der Waals surface area contributed by atoms with E-state index in [4.69, 9.17) is 0 Å². The van der Waals surface area contributed by atoms with Gasteiger partial charge in [0.15, 0.2) is 0 Å². The number of hydrogen-bond acceptors (Lipinski definition) is 3. The maximum atomic E-state index is 12.6. The first-order chi connectivity index (χ1) is 14.4. The zero-order valence-corrected chi connectivity index (χ0v) is 18.5. The second kappa shape index (κ2) is 9.45. The third kappa shape index (κ3) is 4.74. The molecule has 30 heavy (non-hydrogen) atoms. The first kappa shape index (κ1) is 22.1. The van der Waals surface area contributed by atoms with E-state index in [1.54, 1.807) is 24.3 Å². The first-order valence-corrected chi connectivity index (χ1v) is 11.7. The molecule has 0 aliphatic carbocycles. The van der Waals surface area contributed by atoms with Gasteiger partial charge in [0.25, 0.3) is 0 Å². The maximum Gasteiger partial charge on any atom is 0.243 e. The highest BCUT2D eigenvalue weighted by Crippen LogP contribution is 2.20. The predicted molar refractivity (Wildman–Crippen MR) is 120 cm³/mol. The molecule has 7 heteroatoms. The summed E-state index contributed by atoms with van der Waals surface area (Å²) < 4.78 is 28.7. The van der Waals surface area contributed by atoms with E-state index in [2.05, 4.69) is 16.0 Å². The fraction of sp³-hybridized carbons (Fsp3) is 0.348. The second-order valence-corrected chi connectivity index (χ2v) is 9.20. The van der Waals surface area contributed by atoms with E-state index in [1.165, 1.54) is 4.31 Å². The molecule has 0 radical (unpaired) electrons. The Labute approximate surface area is 178 Å². The average molecular weight is 428 g/mol. The van der Waals surface area contributed by atoms with Crippen molar-refractivity contribution < 1.29 is 13.2 Å². The lowest BCUT2D eigenvalue weighted by Crippen LogP contribution is -2.30. The Hall–Kier alpha value is -2.64. The summed E-state index contributed by atoms with van der Waals surface area (Å²) in [6.45, 7) is 7.02. The highest BCUT2D eigenvalue weighted by atomic mass is 32.2. The summed E-state index contributed by atoms with van der Waals surface area (Å²) in [7, 11) is -3.48. The lowest BCUT2D eigenvalue weighted by atomic mass is 10.1. The van der Waals surface area contributed by atoms with Crippen molar-refractivity contribution in [2.45, 2.75) is 44.7 Å². The molecule has 3 aromatic rings. The largest absolute Gasteiger partial charge is 0.350 e. The van der Waals surface area contributed by atoms with Crippen LogP contribution in [-0.4, -0.2) is 36.3 Å². The van der Waals surface area contributed by atoms with Gasteiger partial charge in [0, 0.05) is 37.8 Å². The number of rotatable bonds is 9. The minimum atomic E-state index is -3.48. The number of benzene rings is 2. The number of para-hydroxylation sites is 1. The Morgan fingerprint density at radius 3 is 2.37 bits per heavy atom. The van der Waals surface area contributed by atoms with Gasteiger partial charge in [0.1, 0.15) is 0 Å². The zero-order chi connectivity index (χ0) is 21.7. The van der Waals surface area contributed by atoms with Crippen LogP contribution >= 0.6 is 0 Å². The molecule has 3 rings (SSSR count). The van der Waals surface area contributed by atoms with Crippen molar-refractivity contribution in [1.29, 1.82) is 0 Å². The number of hydrogen-bond donors (Lipinski definition) is 1. The molecule has 0 aliphatic rings. The summed E-state index contributed by atoms with van der Waals surface area (Å²) in [6, 6.07) is 16.7. The highest BCUT2D eigenvalue weighted by Gasteiger charge is 2.21. The molecule has 1 aromatic heterocycles. The molecule has 1 N–H and O–H groups in total.